The van der Waals surface area contributed by atoms with Crippen molar-refractivity contribution in [2.75, 3.05) is 13.2 Å². The molecule has 0 saturated carbocycles. The molecule has 0 aliphatic carbocycles. The second-order valence-electron chi connectivity index (χ2n) is 8.54. The number of aliphatic hydroxyl groups is 3. The van der Waals surface area contributed by atoms with Crippen molar-refractivity contribution in [3.05, 3.63) is 71.8 Å². The van der Waals surface area contributed by atoms with Crippen molar-refractivity contribution in [1.82, 2.24) is 0 Å². The molecule has 1 aliphatic heterocycles. The molecule has 13 nitrogen and oxygen atoms in total. The molecule has 0 radical (unpaired) electrons. The number of benzene rings is 2. The first kappa shape index (κ1) is 31.5. The van der Waals surface area contributed by atoms with Crippen molar-refractivity contribution < 1.29 is 56.4 Å². The summed E-state index contributed by atoms with van der Waals surface area (Å²) in [5.74, 6) is -1.21. The van der Waals surface area contributed by atoms with Gasteiger partial charge in [0.15, 0.2) is 0 Å². The molecule has 40 heavy (non-hydrogen) atoms. The van der Waals surface area contributed by atoms with Gasteiger partial charge >= 0.3 is 22.3 Å². The van der Waals surface area contributed by atoms with Gasteiger partial charge in [0.2, 0.25) is 0 Å². The number of ether oxygens (including phenoxy) is 3. The molecule has 1 aliphatic rings. The topological polar surface area (TPSA) is 198 Å². The number of esters is 2. The molecule has 1 saturated heterocycles. The summed E-state index contributed by atoms with van der Waals surface area (Å²) >= 11 is 0.674. The zero-order chi connectivity index (χ0) is 29.1. The smallest absolute Gasteiger partial charge is 0.462 e. The van der Waals surface area contributed by atoms with Crippen molar-refractivity contribution in [1.29, 1.82) is 0 Å². The number of rotatable bonds is 12. The van der Waals surface area contributed by atoms with Gasteiger partial charge in [0.25, 0.3) is 0 Å². The summed E-state index contributed by atoms with van der Waals surface area (Å²) in [4.78, 5) is 24.3. The third-order valence-electron chi connectivity index (χ3n) is 5.57. The minimum absolute atomic E-state index is 0.0436. The minimum atomic E-state index is -4.95. The summed E-state index contributed by atoms with van der Waals surface area (Å²) in [6.07, 6.45) is -5.50. The molecule has 0 spiro atoms. The van der Waals surface area contributed by atoms with Crippen LogP contribution >= 0.6 is 11.8 Å². The maximum absolute atomic E-state index is 12.2. The SMILES string of the molecule is O=C(OCCCCC(=NOS(=O)(=O)O)S[C@@H]1O[C@H](COC(=O)c2ccccc2)[C@@H](O)[C@H](O)[C@H]1O)c1ccccc1. The Morgan fingerprint density at radius 3 is 2.00 bits per heavy atom. The van der Waals surface area contributed by atoms with Gasteiger partial charge in [-0.2, -0.15) is 8.42 Å². The van der Waals surface area contributed by atoms with E-state index in [1.165, 1.54) is 12.1 Å². The van der Waals surface area contributed by atoms with Crippen molar-refractivity contribution in [3.63, 3.8) is 0 Å². The van der Waals surface area contributed by atoms with Crippen LogP contribution in [0.15, 0.2) is 65.8 Å². The van der Waals surface area contributed by atoms with E-state index in [9.17, 15) is 33.3 Å². The highest BCUT2D eigenvalue weighted by Gasteiger charge is 2.45. The van der Waals surface area contributed by atoms with E-state index >= 15 is 0 Å². The van der Waals surface area contributed by atoms with Gasteiger partial charge in [0.05, 0.1) is 17.7 Å². The molecule has 5 atom stereocenters. The van der Waals surface area contributed by atoms with Gasteiger partial charge < -0.3 is 29.5 Å². The Bertz CT molecular complexity index is 1240. The van der Waals surface area contributed by atoms with Crippen LogP contribution < -0.4 is 0 Å². The summed E-state index contributed by atoms with van der Waals surface area (Å²) < 4.78 is 51.1. The van der Waals surface area contributed by atoms with E-state index in [1.807, 2.05) is 0 Å². The molecule has 0 bridgehead atoms. The molecular formula is C25H29NO12S2. The van der Waals surface area contributed by atoms with Gasteiger partial charge in [-0.05, 0) is 43.5 Å². The van der Waals surface area contributed by atoms with Gasteiger partial charge in [-0.15, -0.1) is 0 Å². The Labute approximate surface area is 234 Å². The van der Waals surface area contributed by atoms with Crippen LogP contribution in [0.1, 0.15) is 40.0 Å². The minimum Gasteiger partial charge on any atom is -0.462 e. The quantitative estimate of drug-likeness (QED) is 0.0685. The van der Waals surface area contributed by atoms with Crippen LogP contribution in [0.25, 0.3) is 0 Å². The van der Waals surface area contributed by atoms with Gasteiger partial charge in [0.1, 0.15) is 41.5 Å². The summed E-state index contributed by atoms with van der Waals surface area (Å²) in [6.45, 7) is -0.413. The first-order chi connectivity index (χ1) is 19.0. The summed E-state index contributed by atoms with van der Waals surface area (Å²) in [5.41, 5.74) is -0.654. The van der Waals surface area contributed by atoms with Crippen molar-refractivity contribution >= 4 is 39.1 Å². The molecule has 2 aromatic carbocycles. The van der Waals surface area contributed by atoms with Crippen LogP contribution in [0.3, 0.4) is 0 Å². The maximum atomic E-state index is 12.2. The van der Waals surface area contributed by atoms with Crippen LogP contribution in [0, 0.1) is 0 Å². The van der Waals surface area contributed by atoms with Crippen LogP contribution in [0.2, 0.25) is 0 Å². The summed E-state index contributed by atoms with van der Waals surface area (Å²) in [6, 6.07) is 16.4. The molecular weight excluding hydrogens is 570 g/mol. The lowest BCUT2D eigenvalue weighted by Gasteiger charge is -2.39. The molecule has 1 fully saturated rings. The van der Waals surface area contributed by atoms with Gasteiger partial charge in [-0.1, -0.05) is 53.3 Å². The lowest BCUT2D eigenvalue weighted by atomic mass is 10.0. The summed E-state index contributed by atoms with van der Waals surface area (Å²) in [7, 11) is -4.95. The number of unbranched alkanes of at least 4 members (excludes halogenated alkanes) is 1. The third kappa shape index (κ3) is 9.85. The van der Waals surface area contributed by atoms with Crippen molar-refractivity contribution in [3.8, 4) is 0 Å². The molecule has 0 aromatic heterocycles. The van der Waals surface area contributed by atoms with Gasteiger partial charge in [0, 0.05) is 0 Å². The van der Waals surface area contributed by atoms with Crippen LogP contribution in [-0.2, 0) is 28.9 Å². The molecule has 218 valence electrons. The van der Waals surface area contributed by atoms with E-state index in [0.717, 1.165) is 0 Å². The fourth-order valence-electron chi connectivity index (χ4n) is 3.52. The highest BCUT2D eigenvalue weighted by Crippen LogP contribution is 2.31. The predicted octanol–water partition coefficient (Wildman–Crippen LogP) is 1.54. The monoisotopic (exact) mass is 599 g/mol. The Kier molecular flexibility index (Phi) is 11.9. The third-order valence-corrected chi connectivity index (χ3v) is 7.01. The zero-order valence-corrected chi connectivity index (χ0v) is 22.6. The number of aliphatic hydroxyl groups excluding tert-OH is 3. The number of oxime groups is 1. The van der Waals surface area contributed by atoms with Crippen molar-refractivity contribution in [2.24, 2.45) is 5.16 Å². The molecule has 0 unspecified atom stereocenters. The lowest BCUT2D eigenvalue weighted by Crippen LogP contribution is -2.58. The fraction of sp³-hybridized carbons (Fsp3) is 0.400. The zero-order valence-electron chi connectivity index (χ0n) is 21.0. The molecule has 2 aromatic rings. The average molecular weight is 600 g/mol. The van der Waals surface area contributed by atoms with Crippen LogP contribution in [0.5, 0.6) is 0 Å². The van der Waals surface area contributed by atoms with E-state index in [2.05, 4.69) is 9.44 Å². The Morgan fingerprint density at radius 1 is 0.850 bits per heavy atom. The average Bonchev–Trinajstić information content (AvgIpc) is 2.95. The van der Waals surface area contributed by atoms with E-state index in [4.69, 9.17) is 18.8 Å². The molecule has 3 rings (SSSR count). The van der Waals surface area contributed by atoms with Crippen molar-refractivity contribution in [2.45, 2.75) is 49.1 Å². The molecule has 4 N–H and O–H groups in total. The molecule has 15 heteroatoms. The highest BCUT2D eigenvalue weighted by atomic mass is 32.3. The largest absolute Gasteiger partial charge is 0.466 e. The number of nitrogens with zero attached hydrogens (tertiary/aromatic N) is 1. The molecule has 1 heterocycles. The second kappa shape index (κ2) is 15.1. The van der Waals surface area contributed by atoms with Crippen LogP contribution in [0.4, 0.5) is 0 Å². The van der Waals surface area contributed by atoms with E-state index < -0.39 is 58.8 Å². The second-order valence-corrected chi connectivity index (χ2v) is 10.7. The summed E-state index contributed by atoms with van der Waals surface area (Å²) in [5, 5.41) is 34.5. The Balaban J connectivity index is 1.58. The number of thioether (sulfide) groups is 1. The van der Waals surface area contributed by atoms with E-state index in [1.54, 1.807) is 48.5 Å². The number of hydrogen-bond donors (Lipinski definition) is 4. The number of carbonyl (C=O) groups is 2. The maximum Gasteiger partial charge on any atom is 0.466 e. The van der Waals surface area contributed by atoms with Crippen LogP contribution in [-0.4, -0.2) is 88.3 Å². The lowest BCUT2D eigenvalue weighted by molar-refractivity contribution is -0.205. The first-order valence-corrected chi connectivity index (χ1v) is 14.3. The number of carbonyl (C=O) groups excluding carboxylic acids is 2. The number of hydrogen-bond acceptors (Lipinski definition) is 13. The highest BCUT2D eigenvalue weighted by molar-refractivity contribution is 8.14. The standard InChI is InChI=1S/C25H29NO12S2/c27-20-18(15-36-24(31)17-11-5-2-6-12-17)37-25(22(29)21(20)28)39-19(26-38-40(32,33)34)13-7-8-14-35-23(30)16-9-3-1-4-10-16/h1-6,9-12,18,20-22,25,27-29H,7-8,13-15H2,(H,32,33,34)/t18-,20-,21+,22-,25+/m1/s1. The fourth-order valence-corrected chi connectivity index (χ4v) is 4.86. The van der Waals surface area contributed by atoms with Gasteiger partial charge in [-0.3, -0.25) is 4.55 Å². The molecule has 0 amide bonds. The predicted molar refractivity (Wildman–Crippen MR) is 142 cm³/mol. The Hall–Kier alpha value is -3.05. The normalized spacial score (nSPS) is 23.3. The van der Waals surface area contributed by atoms with E-state index in [-0.39, 0.29) is 23.6 Å². The first-order valence-electron chi connectivity index (χ1n) is 12.1. The van der Waals surface area contributed by atoms with E-state index in [0.29, 0.717) is 30.2 Å². The van der Waals surface area contributed by atoms with Gasteiger partial charge in [-0.25, -0.2) is 13.9 Å². The Morgan fingerprint density at radius 2 is 1.43 bits per heavy atom.